The van der Waals surface area contributed by atoms with Gasteiger partial charge in [0, 0.05) is 12.0 Å². The zero-order valence-corrected chi connectivity index (χ0v) is 8.44. The molecule has 0 aromatic carbocycles. The van der Waals surface area contributed by atoms with Gasteiger partial charge in [-0.1, -0.05) is 0 Å². The van der Waals surface area contributed by atoms with Crippen molar-refractivity contribution >= 4 is 5.91 Å². The Bertz CT molecular complexity index is 190. The van der Waals surface area contributed by atoms with Crippen molar-refractivity contribution in [1.82, 2.24) is 5.32 Å². The number of carbonyl (C=O) groups excluding carboxylic acids is 1. The van der Waals surface area contributed by atoms with Crippen LogP contribution >= 0.6 is 0 Å². The van der Waals surface area contributed by atoms with Crippen LogP contribution in [0.5, 0.6) is 0 Å². The van der Waals surface area contributed by atoms with Crippen LogP contribution in [0.1, 0.15) is 45.4 Å². The minimum Gasteiger partial charge on any atom is -0.356 e. The van der Waals surface area contributed by atoms with Gasteiger partial charge in [-0.2, -0.15) is 0 Å². The average molecular weight is 181 g/mol. The van der Waals surface area contributed by atoms with Gasteiger partial charge in [-0.15, -0.1) is 0 Å². The van der Waals surface area contributed by atoms with Crippen molar-refractivity contribution in [3.05, 3.63) is 0 Å². The van der Waals surface area contributed by atoms with E-state index in [1.54, 1.807) is 0 Å². The summed E-state index contributed by atoms with van der Waals surface area (Å²) in [6.45, 7) is 2.78. The third-order valence-electron chi connectivity index (χ3n) is 3.91. The Hall–Kier alpha value is -0.530. The molecule has 2 bridgehead atoms. The van der Waals surface area contributed by atoms with Crippen molar-refractivity contribution in [3.8, 4) is 0 Å². The number of fused-ring (bicyclic) bond motifs is 3. The van der Waals surface area contributed by atoms with Crippen molar-refractivity contribution in [2.75, 3.05) is 6.54 Å². The van der Waals surface area contributed by atoms with E-state index in [4.69, 9.17) is 0 Å². The molecule has 2 heteroatoms. The predicted molar refractivity (Wildman–Crippen MR) is 52.3 cm³/mol. The minimum atomic E-state index is 0.0464. The lowest BCUT2D eigenvalue weighted by atomic mass is 9.60. The number of nitrogens with one attached hydrogen (secondary N) is 1. The van der Waals surface area contributed by atoms with Gasteiger partial charge in [0.15, 0.2) is 0 Å². The molecule has 0 aromatic heterocycles. The molecule has 3 saturated carbocycles. The highest BCUT2D eigenvalue weighted by atomic mass is 16.2. The Labute approximate surface area is 80.1 Å². The fraction of sp³-hybridized carbons (Fsp3) is 0.909. The molecule has 0 spiro atoms. The fourth-order valence-corrected chi connectivity index (χ4v) is 2.94. The molecule has 0 aromatic rings. The Kier molecular flexibility index (Phi) is 2.31. The van der Waals surface area contributed by atoms with E-state index < -0.39 is 0 Å². The van der Waals surface area contributed by atoms with Gasteiger partial charge in [0.2, 0.25) is 5.91 Å². The molecule has 74 valence electrons. The summed E-state index contributed by atoms with van der Waals surface area (Å²) in [7, 11) is 0. The van der Waals surface area contributed by atoms with E-state index in [-0.39, 0.29) is 5.41 Å². The summed E-state index contributed by atoms with van der Waals surface area (Å²) < 4.78 is 0. The fourth-order valence-electron chi connectivity index (χ4n) is 2.94. The molecule has 3 aliphatic rings. The maximum absolute atomic E-state index is 11.9. The van der Waals surface area contributed by atoms with Gasteiger partial charge in [-0.05, 0) is 51.4 Å². The normalized spacial score (nSPS) is 37.5. The molecule has 3 aliphatic carbocycles. The second-order valence-electron chi connectivity index (χ2n) is 4.62. The molecule has 0 aliphatic heterocycles. The lowest BCUT2D eigenvalue weighted by Gasteiger charge is -2.45. The van der Waals surface area contributed by atoms with E-state index in [0.717, 1.165) is 31.7 Å². The summed E-state index contributed by atoms with van der Waals surface area (Å²) in [6.07, 6.45) is 7.29. The Balaban J connectivity index is 2.05. The number of amides is 1. The maximum Gasteiger partial charge on any atom is 0.226 e. The number of rotatable bonds is 2. The van der Waals surface area contributed by atoms with Crippen LogP contribution in [0.3, 0.4) is 0 Å². The molecule has 3 fully saturated rings. The van der Waals surface area contributed by atoms with Gasteiger partial charge in [-0.3, -0.25) is 4.79 Å². The first-order valence-corrected chi connectivity index (χ1v) is 5.55. The van der Waals surface area contributed by atoms with E-state index in [0.29, 0.717) is 5.91 Å². The molecule has 0 radical (unpaired) electrons. The summed E-state index contributed by atoms with van der Waals surface area (Å²) in [6, 6.07) is 0. The monoisotopic (exact) mass is 181 g/mol. The standard InChI is InChI=1S/C11H19NO/c1-2-12-10(13)11-6-3-9(4-7-11)5-8-11/h9H,2-8H2,1H3,(H,12,13). The first-order chi connectivity index (χ1) is 6.27. The highest BCUT2D eigenvalue weighted by Crippen LogP contribution is 2.50. The first-order valence-electron chi connectivity index (χ1n) is 5.55. The molecule has 2 nitrogen and oxygen atoms in total. The average Bonchev–Trinajstić information content (AvgIpc) is 2.21. The molecule has 0 atom stereocenters. The SMILES string of the molecule is CCNC(=O)C12CCC(CC1)CC2. The van der Waals surface area contributed by atoms with Crippen LogP contribution in [0.2, 0.25) is 0 Å². The quantitative estimate of drug-likeness (QED) is 0.694. The second kappa shape index (κ2) is 3.32. The van der Waals surface area contributed by atoms with E-state index in [9.17, 15) is 4.79 Å². The molecule has 1 N–H and O–H groups in total. The topological polar surface area (TPSA) is 29.1 Å². The van der Waals surface area contributed by atoms with Gasteiger partial charge < -0.3 is 5.32 Å². The summed E-state index contributed by atoms with van der Waals surface area (Å²) in [5.74, 6) is 1.27. The molecule has 0 unspecified atom stereocenters. The molecule has 13 heavy (non-hydrogen) atoms. The maximum atomic E-state index is 11.9. The van der Waals surface area contributed by atoms with Crippen molar-refractivity contribution < 1.29 is 4.79 Å². The zero-order valence-electron chi connectivity index (χ0n) is 8.44. The van der Waals surface area contributed by atoms with Crippen molar-refractivity contribution in [1.29, 1.82) is 0 Å². The number of hydrogen-bond donors (Lipinski definition) is 1. The Morgan fingerprint density at radius 3 is 2.31 bits per heavy atom. The minimum absolute atomic E-state index is 0.0464. The van der Waals surface area contributed by atoms with Gasteiger partial charge >= 0.3 is 0 Å². The Morgan fingerprint density at radius 1 is 1.31 bits per heavy atom. The van der Waals surface area contributed by atoms with Crippen LogP contribution in [-0.4, -0.2) is 12.5 Å². The molecular formula is C11H19NO. The molecule has 0 saturated heterocycles. The summed E-state index contributed by atoms with van der Waals surface area (Å²) in [4.78, 5) is 11.9. The third kappa shape index (κ3) is 1.47. The van der Waals surface area contributed by atoms with Gasteiger partial charge in [-0.25, -0.2) is 0 Å². The summed E-state index contributed by atoms with van der Waals surface area (Å²) in [5.41, 5.74) is 0.0464. The molecule has 3 rings (SSSR count). The van der Waals surface area contributed by atoms with Crippen LogP contribution < -0.4 is 5.32 Å². The van der Waals surface area contributed by atoms with E-state index in [2.05, 4.69) is 5.32 Å². The van der Waals surface area contributed by atoms with Crippen LogP contribution in [-0.2, 0) is 4.79 Å². The van der Waals surface area contributed by atoms with Gasteiger partial charge in [0.05, 0.1) is 0 Å². The molecular weight excluding hydrogens is 162 g/mol. The van der Waals surface area contributed by atoms with Gasteiger partial charge in [0.1, 0.15) is 0 Å². The summed E-state index contributed by atoms with van der Waals surface area (Å²) >= 11 is 0. The third-order valence-corrected chi connectivity index (χ3v) is 3.91. The van der Waals surface area contributed by atoms with Crippen molar-refractivity contribution in [2.24, 2.45) is 11.3 Å². The zero-order chi connectivity index (χ0) is 9.31. The van der Waals surface area contributed by atoms with Crippen LogP contribution in [0.25, 0.3) is 0 Å². The van der Waals surface area contributed by atoms with Crippen molar-refractivity contribution in [3.63, 3.8) is 0 Å². The van der Waals surface area contributed by atoms with Gasteiger partial charge in [0.25, 0.3) is 0 Å². The highest BCUT2D eigenvalue weighted by molar-refractivity contribution is 5.82. The lowest BCUT2D eigenvalue weighted by Crippen LogP contribution is -2.46. The smallest absolute Gasteiger partial charge is 0.226 e. The van der Waals surface area contributed by atoms with E-state index >= 15 is 0 Å². The molecule has 1 amide bonds. The predicted octanol–water partition coefficient (Wildman–Crippen LogP) is 2.09. The number of hydrogen-bond acceptors (Lipinski definition) is 1. The second-order valence-corrected chi connectivity index (χ2v) is 4.62. The van der Waals surface area contributed by atoms with Crippen LogP contribution in [0, 0.1) is 11.3 Å². The molecule has 0 heterocycles. The van der Waals surface area contributed by atoms with Crippen LogP contribution in [0.15, 0.2) is 0 Å². The Morgan fingerprint density at radius 2 is 1.85 bits per heavy atom. The highest BCUT2D eigenvalue weighted by Gasteiger charge is 2.45. The van der Waals surface area contributed by atoms with Crippen LogP contribution in [0.4, 0.5) is 0 Å². The van der Waals surface area contributed by atoms with Crippen molar-refractivity contribution in [2.45, 2.75) is 45.4 Å². The van der Waals surface area contributed by atoms with E-state index in [1.165, 1.54) is 19.3 Å². The summed E-state index contributed by atoms with van der Waals surface area (Å²) in [5, 5.41) is 2.99. The first kappa shape index (κ1) is 9.04. The van der Waals surface area contributed by atoms with E-state index in [1.807, 2.05) is 6.92 Å². The largest absolute Gasteiger partial charge is 0.356 e. The number of carbonyl (C=O) groups is 1. The lowest BCUT2D eigenvalue weighted by molar-refractivity contribution is -0.136.